The molecule has 1 heterocycles. The summed E-state index contributed by atoms with van der Waals surface area (Å²) in [6.45, 7) is 5.71. The summed E-state index contributed by atoms with van der Waals surface area (Å²) in [5, 5.41) is 0. The van der Waals surface area contributed by atoms with Crippen LogP contribution >= 0.6 is 0 Å². The molecule has 0 radical (unpaired) electrons. The van der Waals surface area contributed by atoms with Crippen molar-refractivity contribution in [2.75, 3.05) is 45.6 Å². The Kier molecular flexibility index (Phi) is 6.38. The number of nitrogens with two attached hydrogens (primary N) is 1. The predicted molar refractivity (Wildman–Crippen MR) is 76.6 cm³/mol. The van der Waals surface area contributed by atoms with Crippen LogP contribution in [0.2, 0.25) is 0 Å². The van der Waals surface area contributed by atoms with E-state index in [0.29, 0.717) is 26.2 Å². The first-order valence-electron chi connectivity index (χ1n) is 6.81. The van der Waals surface area contributed by atoms with E-state index in [9.17, 15) is 13.2 Å². The highest BCUT2D eigenvalue weighted by Crippen LogP contribution is 2.13. The Hall–Kier alpha value is -0.700. The molecule has 1 fully saturated rings. The van der Waals surface area contributed by atoms with Gasteiger partial charge in [-0.25, -0.2) is 8.42 Å². The van der Waals surface area contributed by atoms with E-state index in [1.54, 1.807) is 0 Å². The van der Waals surface area contributed by atoms with Gasteiger partial charge in [0.05, 0.1) is 12.9 Å². The van der Waals surface area contributed by atoms with Crippen LogP contribution in [0.1, 0.15) is 13.8 Å². The molecular weight excluding hydrogens is 282 g/mol. The number of hydrogen-bond acceptors (Lipinski definition) is 6. The van der Waals surface area contributed by atoms with E-state index in [1.165, 1.54) is 11.4 Å². The third-order valence-electron chi connectivity index (χ3n) is 3.35. The van der Waals surface area contributed by atoms with Crippen molar-refractivity contribution in [3.05, 3.63) is 0 Å². The van der Waals surface area contributed by atoms with Crippen molar-refractivity contribution in [1.82, 2.24) is 9.21 Å². The van der Waals surface area contributed by atoms with Gasteiger partial charge in [-0.2, -0.15) is 4.31 Å². The number of piperazine rings is 1. The largest absolute Gasteiger partial charge is 0.468 e. The van der Waals surface area contributed by atoms with Gasteiger partial charge < -0.3 is 10.5 Å². The van der Waals surface area contributed by atoms with Crippen LogP contribution in [0.5, 0.6) is 0 Å². The van der Waals surface area contributed by atoms with Gasteiger partial charge in [0.1, 0.15) is 6.04 Å². The molecule has 0 aromatic rings. The number of nitrogens with zero attached hydrogens (tertiary/aromatic N) is 2. The molecule has 20 heavy (non-hydrogen) atoms. The molecule has 0 saturated carbocycles. The quantitative estimate of drug-likeness (QED) is 0.639. The van der Waals surface area contributed by atoms with Gasteiger partial charge in [-0.1, -0.05) is 13.8 Å². The van der Waals surface area contributed by atoms with E-state index in [-0.39, 0.29) is 24.2 Å². The lowest BCUT2D eigenvalue weighted by molar-refractivity contribution is -0.147. The molecule has 118 valence electrons. The Morgan fingerprint density at radius 1 is 1.25 bits per heavy atom. The zero-order valence-electron chi connectivity index (χ0n) is 12.4. The molecule has 0 bridgehead atoms. The highest BCUT2D eigenvalue weighted by Gasteiger charge is 2.32. The summed E-state index contributed by atoms with van der Waals surface area (Å²) < 4.78 is 30.5. The minimum atomic E-state index is -3.21. The summed E-state index contributed by atoms with van der Waals surface area (Å²) in [6, 6.07) is -0.491. The van der Waals surface area contributed by atoms with Gasteiger partial charge in [-0.15, -0.1) is 0 Å². The van der Waals surface area contributed by atoms with Gasteiger partial charge in [0.2, 0.25) is 10.0 Å². The van der Waals surface area contributed by atoms with E-state index in [1.807, 2.05) is 18.7 Å². The second-order valence-corrected chi connectivity index (χ2v) is 7.40. The fraction of sp³-hybridized carbons (Fsp3) is 0.917. The molecule has 0 amide bonds. The topological polar surface area (TPSA) is 92.9 Å². The Morgan fingerprint density at radius 2 is 1.80 bits per heavy atom. The molecule has 2 N–H and O–H groups in total. The first-order chi connectivity index (χ1) is 9.31. The number of carbonyl (C=O) groups is 1. The summed E-state index contributed by atoms with van der Waals surface area (Å²) >= 11 is 0. The normalized spacial score (nSPS) is 20.1. The lowest BCUT2D eigenvalue weighted by Gasteiger charge is -2.37. The molecule has 1 unspecified atom stereocenters. The van der Waals surface area contributed by atoms with Crippen molar-refractivity contribution in [2.24, 2.45) is 11.7 Å². The van der Waals surface area contributed by atoms with Crippen molar-refractivity contribution in [3.63, 3.8) is 0 Å². The van der Waals surface area contributed by atoms with Crippen molar-refractivity contribution >= 4 is 16.0 Å². The van der Waals surface area contributed by atoms with Crippen LogP contribution < -0.4 is 5.73 Å². The molecule has 1 saturated heterocycles. The van der Waals surface area contributed by atoms with E-state index in [2.05, 4.69) is 0 Å². The molecule has 8 heteroatoms. The lowest BCUT2D eigenvalue weighted by Crippen LogP contribution is -2.56. The molecule has 1 aliphatic rings. The first kappa shape index (κ1) is 17.4. The molecule has 0 spiro atoms. The molecule has 1 atom stereocenters. The number of esters is 1. The standard InChI is InChI=1S/C12H25N3O4S/c1-10(2)9-20(17,18)15-6-4-14(5-7-15)11(8-13)12(16)19-3/h10-11H,4-9,13H2,1-3H3. The van der Waals surface area contributed by atoms with Crippen LogP contribution in [0.25, 0.3) is 0 Å². The number of methoxy groups -OCH3 is 1. The average molecular weight is 307 g/mol. The first-order valence-corrected chi connectivity index (χ1v) is 8.42. The maximum Gasteiger partial charge on any atom is 0.324 e. The zero-order valence-corrected chi connectivity index (χ0v) is 13.2. The number of sulfonamides is 1. The van der Waals surface area contributed by atoms with Crippen molar-refractivity contribution in [1.29, 1.82) is 0 Å². The highest BCUT2D eigenvalue weighted by molar-refractivity contribution is 7.89. The fourth-order valence-corrected chi connectivity index (χ4v) is 4.12. The monoisotopic (exact) mass is 307 g/mol. The third-order valence-corrected chi connectivity index (χ3v) is 5.59. The Labute approximate surface area is 121 Å². The van der Waals surface area contributed by atoms with Gasteiger partial charge in [-0.05, 0) is 5.92 Å². The average Bonchev–Trinajstić information content (AvgIpc) is 2.38. The Morgan fingerprint density at radius 3 is 2.20 bits per heavy atom. The smallest absolute Gasteiger partial charge is 0.324 e. The molecule has 0 aliphatic carbocycles. The van der Waals surface area contributed by atoms with Crippen LogP contribution in [-0.2, 0) is 19.6 Å². The van der Waals surface area contributed by atoms with Crippen molar-refractivity contribution in [2.45, 2.75) is 19.9 Å². The summed E-state index contributed by atoms with van der Waals surface area (Å²) in [6.07, 6.45) is 0. The molecule has 1 aliphatic heterocycles. The van der Waals surface area contributed by atoms with Gasteiger partial charge in [0, 0.05) is 32.7 Å². The van der Waals surface area contributed by atoms with Crippen LogP contribution in [-0.4, -0.2) is 75.2 Å². The van der Waals surface area contributed by atoms with Gasteiger partial charge >= 0.3 is 5.97 Å². The molecule has 0 aromatic carbocycles. The fourth-order valence-electron chi connectivity index (χ4n) is 2.35. The van der Waals surface area contributed by atoms with Crippen LogP contribution in [0.3, 0.4) is 0 Å². The number of carbonyl (C=O) groups excluding carboxylic acids is 1. The van der Waals surface area contributed by atoms with E-state index >= 15 is 0 Å². The van der Waals surface area contributed by atoms with Crippen LogP contribution in [0.15, 0.2) is 0 Å². The number of rotatable bonds is 6. The molecule has 1 rings (SSSR count). The minimum absolute atomic E-state index is 0.102. The number of ether oxygens (including phenoxy) is 1. The van der Waals surface area contributed by atoms with Crippen molar-refractivity contribution < 1.29 is 17.9 Å². The lowest BCUT2D eigenvalue weighted by atomic mass is 10.2. The summed E-state index contributed by atoms with van der Waals surface area (Å²) in [4.78, 5) is 13.5. The second-order valence-electron chi connectivity index (χ2n) is 5.38. The van der Waals surface area contributed by atoms with Crippen molar-refractivity contribution in [3.8, 4) is 0 Å². The summed E-state index contributed by atoms with van der Waals surface area (Å²) in [5.41, 5.74) is 5.59. The summed E-state index contributed by atoms with van der Waals surface area (Å²) in [5.74, 6) is -0.111. The van der Waals surface area contributed by atoms with E-state index in [4.69, 9.17) is 10.5 Å². The predicted octanol–water partition coefficient (Wildman–Crippen LogP) is -0.910. The number of hydrogen-bond donors (Lipinski definition) is 1. The third kappa shape index (κ3) is 4.41. The highest BCUT2D eigenvalue weighted by atomic mass is 32.2. The second kappa shape index (κ2) is 7.35. The Bertz CT molecular complexity index is 416. The molecule has 0 aromatic heterocycles. The molecule has 7 nitrogen and oxygen atoms in total. The van der Waals surface area contributed by atoms with Gasteiger partial charge in [-0.3, -0.25) is 9.69 Å². The molecular formula is C12H25N3O4S. The maximum atomic E-state index is 12.1. The van der Waals surface area contributed by atoms with E-state index < -0.39 is 16.1 Å². The SMILES string of the molecule is COC(=O)C(CN)N1CCN(S(=O)(=O)CC(C)C)CC1. The van der Waals surface area contributed by atoms with Gasteiger partial charge in [0.15, 0.2) is 0 Å². The summed E-state index contributed by atoms with van der Waals surface area (Å²) in [7, 11) is -1.88. The van der Waals surface area contributed by atoms with Crippen LogP contribution in [0, 0.1) is 5.92 Å². The maximum absolute atomic E-state index is 12.1. The van der Waals surface area contributed by atoms with Gasteiger partial charge in [0.25, 0.3) is 0 Å². The minimum Gasteiger partial charge on any atom is -0.468 e. The zero-order chi connectivity index (χ0) is 15.3. The Balaban J connectivity index is 2.61. The van der Waals surface area contributed by atoms with Crippen LogP contribution in [0.4, 0.5) is 0 Å². The van der Waals surface area contributed by atoms with E-state index in [0.717, 1.165) is 0 Å².